The Labute approximate surface area is 71.8 Å². The van der Waals surface area contributed by atoms with Crippen molar-refractivity contribution in [1.29, 1.82) is 0 Å². The van der Waals surface area contributed by atoms with E-state index in [4.69, 9.17) is 11.5 Å². The van der Waals surface area contributed by atoms with E-state index < -0.39 is 0 Å². The molecule has 1 saturated carbocycles. The molecule has 0 aromatic carbocycles. The first-order chi connectivity index (χ1) is 5.62. The SMILES string of the molecule is Cc1nc(N)ccc1C1(N)CC1. The van der Waals surface area contributed by atoms with Crippen LogP contribution >= 0.6 is 0 Å². The second-order valence-corrected chi connectivity index (χ2v) is 3.53. The molecule has 0 atom stereocenters. The smallest absolute Gasteiger partial charge is 0.123 e. The molecule has 2 rings (SSSR count). The van der Waals surface area contributed by atoms with Crippen molar-refractivity contribution in [1.82, 2.24) is 4.98 Å². The number of nitrogens with zero attached hydrogens (tertiary/aromatic N) is 1. The molecule has 0 aliphatic heterocycles. The molecule has 1 aromatic rings. The van der Waals surface area contributed by atoms with E-state index in [0.717, 1.165) is 24.1 Å². The summed E-state index contributed by atoms with van der Waals surface area (Å²) in [4.78, 5) is 4.18. The number of nitrogens with two attached hydrogens (primary N) is 2. The maximum atomic E-state index is 6.04. The van der Waals surface area contributed by atoms with Crippen LogP contribution in [0, 0.1) is 6.92 Å². The van der Waals surface area contributed by atoms with Gasteiger partial charge in [-0.2, -0.15) is 0 Å². The summed E-state index contributed by atoms with van der Waals surface area (Å²) in [5, 5.41) is 0. The Hall–Kier alpha value is -1.09. The van der Waals surface area contributed by atoms with Gasteiger partial charge in [-0.05, 0) is 31.4 Å². The molecule has 1 aromatic heterocycles. The molecular weight excluding hydrogens is 150 g/mol. The van der Waals surface area contributed by atoms with Gasteiger partial charge < -0.3 is 11.5 Å². The number of pyridine rings is 1. The van der Waals surface area contributed by atoms with Gasteiger partial charge >= 0.3 is 0 Å². The zero-order valence-electron chi connectivity index (χ0n) is 7.17. The Balaban J connectivity index is 2.45. The van der Waals surface area contributed by atoms with Crippen LogP contribution in [0.1, 0.15) is 24.1 Å². The molecule has 1 heterocycles. The number of hydrogen-bond acceptors (Lipinski definition) is 3. The van der Waals surface area contributed by atoms with E-state index in [0.29, 0.717) is 5.82 Å². The molecule has 1 aliphatic rings. The van der Waals surface area contributed by atoms with E-state index in [-0.39, 0.29) is 5.54 Å². The summed E-state index contributed by atoms with van der Waals surface area (Å²) in [7, 11) is 0. The van der Waals surface area contributed by atoms with Crippen molar-refractivity contribution in [3.05, 3.63) is 23.4 Å². The standard InChI is InChI=1S/C9H13N3/c1-6-7(9(11)4-5-9)2-3-8(10)12-6/h2-3H,4-5,11H2,1H3,(H2,10,12). The first-order valence-electron chi connectivity index (χ1n) is 4.14. The van der Waals surface area contributed by atoms with Gasteiger partial charge in [0.15, 0.2) is 0 Å². The Kier molecular flexibility index (Phi) is 1.38. The fourth-order valence-corrected chi connectivity index (χ4v) is 1.51. The van der Waals surface area contributed by atoms with Crippen LogP contribution in [0.4, 0.5) is 5.82 Å². The number of aryl methyl sites for hydroxylation is 1. The first kappa shape index (κ1) is 7.55. The minimum Gasteiger partial charge on any atom is -0.384 e. The quantitative estimate of drug-likeness (QED) is 0.647. The largest absolute Gasteiger partial charge is 0.384 e. The van der Waals surface area contributed by atoms with Crippen LogP contribution < -0.4 is 11.5 Å². The highest BCUT2D eigenvalue weighted by molar-refractivity contribution is 5.39. The van der Waals surface area contributed by atoms with Gasteiger partial charge in [0.05, 0.1) is 0 Å². The van der Waals surface area contributed by atoms with E-state index in [2.05, 4.69) is 4.98 Å². The van der Waals surface area contributed by atoms with Crippen LogP contribution in [0.2, 0.25) is 0 Å². The summed E-state index contributed by atoms with van der Waals surface area (Å²) in [6.45, 7) is 1.96. The van der Waals surface area contributed by atoms with E-state index >= 15 is 0 Å². The van der Waals surface area contributed by atoms with Gasteiger partial charge in [0.1, 0.15) is 5.82 Å². The zero-order chi connectivity index (χ0) is 8.77. The van der Waals surface area contributed by atoms with Crippen LogP contribution in [0.5, 0.6) is 0 Å². The van der Waals surface area contributed by atoms with Gasteiger partial charge in [-0.15, -0.1) is 0 Å². The van der Waals surface area contributed by atoms with Gasteiger partial charge in [-0.25, -0.2) is 4.98 Å². The Morgan fingerprint density at radius 3 is 2.58 bits per heavy atom. The van der Waals surface area contributed by atoms with Crippen molar-refractivity contribution < 1.29 is 0 Å². The highest BCUT2D eigenvalue weighted by Gasteiger charge is 2.41. The maximum absolute atomic E-state index is 6.04. The third kappa shape index (κ3) is 1.06. The molecule has 0 unspecified atom stereocenters. The molecule has 0 radical (unpaired) electrons. The number of rotatable bonds is 1. The summed E-state index contributed by atoms with van der Waals surface area (Å²) in [6.07, 6.45) is 2.14. The molecule has 0 bridgehead atoms. The minimum absolute atomic E-state index is 0.0925. The summed E-state index contributed by atoms with van der Waals surface area (Å²) >= 11 is 0. The summed E-state index contributed by atoms with van der Waals surface area (Å²) < 4.78 is 0. The van der Waals surface area contributed by atoms with Crippen LogP contribution in [-0.2, 0) is 5.54 Å². The van der Waals surface area contributed by atoms with Crippen molar-refractivity contribution in [2.45, 2.75) is 25.3 Å². The third-order valence-electron chi connectivity index (χ3n) is 2.43. The van der Waals surface area contributed by atoms with Crippen LogP contribution in [0.3, 0.4) is 0 Å². The number of nitrogen functional groups attached to an aromatic ring is 1. The molecule has 12 heavy (non-hydrogen) atoms. The molecule has 1 aliphatic carbocycles. The summed E-state index contributed by atoms with van der Waals surface area (Å²) in [5.74, 6) is 0.570. The van der Waals surface area contributed by atoms with Gasteiger partial charge in [-0.3, -0.25) is 0 Å². The molecule has 0 amide bonds. The van der Waals surface area contributed by atoms with Gasteiger partial charge in [-0.1, -0.05) is 6.07 Å². The normalized spacial score (nSPS) is 19.2. The fourth-order valence-electron chi connectivity index (χ4n) is 1.51. The predicted molar refractivity (Wildman–Crippen MR) is 48.5 cm³/mol. The van der Waals surface area contributed by atoms with Crippen molar-refractivity contribution in [3.63, 3.8) is 0 Å². The lowest BCUT2D eigenvalue weighted by molar-refractivity contribution is 0.726. The lowest BCUT2D eigenvalue weighted by Crippen LogP contribution is -2.20. The zero-order valence-corrected chi connectivity index (χ0v) is 7.17. The van der Waals surface area contributed by atoms with Crippen molar-refractivity contribution >= 4 is 5.82 Å². The average molecular weight is 163 g/mol. The van der Waals surface area contributed by atoms with Crippen LogP contribution in [-0.4, -0.2) is 4.98 Å². The van der Waals surface area contributed by atoms with E-state index in [1.54, 1.807) is 0 Å². The summed E-state index contributed by atoms with van der Waals surface area (Å²) in [5.41, 5.74) is 13.6. The first-order valence-corrected chi connectivity index (χ1v) is 4.14. The highest BCUT2D eigenvalue weighted by atomic mass is 14.9. The molecule has 64 valence electrons. The Morgan fingerprint density at radius 2 is 2.08 bits per heavy atom. The van der Waals surface area contributed by atoms with E-state index in [1.807, 2.05) is 19.1 Å². The van der Waals surface area contributed by atoms with Gasteiger partial charge in [0, 0.05) is 11.2 Å². The number of anilines is 1. The van der Waals surface area contributed by atoms with E-state index in [1.165, 1.54) is 0 Å². The lowest BCUT2D eigenvalue weighted by atomic mass is 10.0. The second kappa shape index (κ2) is 2.20. The molecule has 0 spiro atoms. The average Bonchev–Trinajstić information content (AvgIpc) is 2.68. The van der Waals surface area contributed by atoms with Crippen LogP contribution in [0.15, 0.2) is 12.1 Å². The van der Waals surface area contributed by atoms with Gasteiger partial charge in [0.25, 0.3) is 0 Å². The minimum atomic E-state index is -0.0925. The summed E-state index contributed by atoms with van der Waals surface area (Å²) in [6, 6.07) is 3.81. The predicted octanol–water partition coefficient (Wildman–Crippen LogP) is 0.920. The third-order valence-corrected chi connectivity index (χ3v) is 2.43. The molecule has 3 heteroatoms. The Bertz CT molecular complexity index is 316. The number of hydrogen-bond donors (Lipinski definition) is 2. The molecule has 1 fully saturated rings. The molecule has 4 N–H and O–H groups in total. The van der Waals surface area contributed by atoms with Crippen molar-refractivity contribution in [3.8, 4) is 0 Å². The maximum Gasteiger partial charge on any atom is 0.123 e. The monoisotopic (exact) mass is 163 g/mol. The van der Waals surface area contributed by atoms with Crippen molar-refractivity contribution in [2.24, 2.45) is 5.73 Å². The number of aromatic nitrogens is 1. The van der Waals surface area contributed by atoms with Crippen LogP contribution in [0.25, 0.3) is 0 Å². The fraction of sp³-hybridized carbons (Fsp3) is 0.444. The second-order valence-electron chi connectivity index (χ2n) is 3.53. The molecule has 3 nitrogen and oxygen atoms in total. The van der Waals surface area contributed by atoms with E-state index in [9.17, 15) is 0 Å². The Morgan fingerprint density at radius 1 is 1.42 bits per heavy atom. The van der Waals surface area contributed by atoms with Crippen molar-refractivity contribution in [2.75, 3.05) is 5.73 Å². The highest BCUT2D eigenvalue weighted by Crippen LogP contribution is 2.43. The molecule has 0 saturated heterocycles. The topological polar surface area (TPSA) is 64.9 Å². The van der Waals surface area contributed by atoms with Gasteiger partial charge in [0.2, 0.25) is 0 Å². The lowest BCUT2D eigenvalue weighted by Gasteiger charge is -2.11. The molecular formula is C9H13N3.